The molecule has 152 valence electrons. The van der Waals surface area contributed by atoms with E-state index >= 15 is 0 Å². The van der Waals surface area contributed by atoms with Crippen molar-refractivity contribution in [1.82, 2.24) is 25.5 Å². The van der Waals surface area contributed by atoms with E-state index < -0.39 is 0 Å². The van der Waals surface area contributed by atoms with Crippen molar-refractivity contribution in [3.8, 4) is 22.9 Å². The molecule has 1 aromatic heterocycles. The lowest BCUT2D eigenvalue weighted by Gasteiger charge is -2.08. The molecule has 8 heteroatoms. The number of aromatic nitrogens is 4. The SMILES string of the molecule is CCOc1ccc(OCCNC(=O)Cn2nnc(-c3ccc(CC)cc3)n2)cc1. The van der Waals surface area contributed by atoms with Gasteiger partial charge in [-0.15, -0.1) is 10.2 Å². The van der Waals surface area contributed by atoms with E-state index in [2.05, 4.69) is 27.7 Å². The molecule has 0 unspecified atom stereocenters. The molecule has 8 nitrogen and oxygen atoms in total. The van der Waals surface area contributed by atoms with Gasteiger partial charge in [-0.1, -0.05) is 31.2 Å². The molecule has 0 saturated heterocycles. The first-order valence-corrected chi connectivity index (χ1v) is 9.67. The summed E-state index contributed by atoms with van der Waals surface area (Å²) in [7, 11) is 0. The van der Waals surface area contributed by atoms with Crippen LogP contribution in [-0.2, 0) is 17.8 Å². The highest BCUT2D eigenvalue weighted by Gasteiger charge is 2.09. The number of tetrazole rings is 1. The molecule has 0 aliphatic carbocycles. The Kier molecular flexibility index (Phi) is 7.16. The smallest absolute Gasteiger partial charge is 0.243 e. The first kappa shape index (κ1) is 20.3. The maximum Gasteiger partial charge on any atom is 0.243 e. The lowest BCUT2D eigenvalue weighted by atomic mass is 10.1. The molecule has 0 atom stereocenters. The Labute approximate surface area is 169 Å². The highest BCUT2D eigenvalue weighted by Crippen LogP contribution is 2.17. The van der Waals surface area contributed by atoms with Crippen LogP contribution >= 0.6 is 0 Å². The van der Waals surface area contributed by atoms with Gasteiger partial charge in [0.25, 0.3) is 0 Å². The summed E-state index contributed by atoms with van der Waals surface area (Å²) >= 11 is 0. The van der Waals surface area contributed by atoms with Gasteiger partial charge in [-0.05, 0) is 48.4 Å². The molecule has 0 fully saturated rings. The molecule has 0 aliphatic heterocycles. The second-order valence-electron chi connectivity index (χ2n) is 6.30. The standard InChI is InChI=1S/C21H25N5O3/c1-3-16-5-7-17(8-6-16)21-23-25-26(24-21)15-20(27)22-13-14-29-19-11-9-18(10-12-19)28-4-2/h5-12H,3-4,13-15H2,1-2H3,(H,22,27). The summed E-state index contributed by atoms with van der Waals surface area (Å²) in [5.41, 5.74) is 2.12. The summed E-state index contributed by atoms with van der Waals surface area (Å²) in [5, 5.41) is 15.0. The second-order valence-corrected chi connectivity index (χ2v) is 6.30. The Bertz CT molecular complexity index is 907. The average Bonchev–Trinajstić information content (AvgIpc) is 3.21. The first-order valence-electron chi connectivity index (χ1n) is 9.67. The molecule has 1 N–H and O–H groups in total. The van der Waals surface area contributed by atoms with Crippen LogP contribution in [0.4, 0.5) is 0 Å². The van der Waals surface area contributed by atoms with Gasteiger partial charge in [0.15, 0.2) is 0 Å². The topological polar surface area (TPSA) is 91.2 Å². The minimum Gasteiger partial charge on any atom is -0.494 e. The van der Waals surface area contributed by atoms with E-state index in [0.29, 0.717) is 25.6 Å². The van der Waals surface area contributed by atoms with Crippen LogP contribution in [0.15, 0.2) is 48.5 Å². The summed E-state index contributed by atoms with van der Waals surface area (Å²) in [5.74, 6) is 1.82. The van der Waals surface area contributed by atoms with Crippen molar-refractivity contribution < 1.29 is 14.3 Å². The van der Waals surface area contributed by atoms with Crippen LogP contribution in [-0.4, -0.2) is 45.9 Å². The van der Waals surface area contributed by atoms with Gasteiger partial charge in [0.05, 0.1) is 13.2 Å². The summed E-state index contributed by atoms with van der Waals surface area (Å²) in [4.78, 5) is 13.3. The van der Waals surface area contributed by atoms with E-state index in [9.17, 15) is 4.79 Å². The van der Waals surface area contributed by atoms with E-state index in [1.807, 2.05) is 55.5 Å². The van der Waals surface area contributed by atoms with Crippen molar-refractivity contribution >= 4 is 5.91 Å². The quantitative estimate of drug-likeness (QED) is 0.531. The number of hydrogen-bond acceptors (Lipinski definition) is 6. The van der Waals surface area contributed by atoms with Crippen LogP contribution in [0.5, 0.6) is 11.5 Å². The Balaban J connectivity index is 1.41. The van der Waals surface area contributed by atoms with Crippen LogP contribution < -0.4 is 14.8 Å². The predicted molar refractivity (Wildman–Crippen MR) is 109 cm³/mol. The normalized spacial score (nSPS) is 10.6. The number of ether oxygens (including phenoxy) is 2. The third kappa shape index (κ3) is 6.03. The van der Waals surface area contributed by atoms with Gasteiger partial charge in [-0.2, -0.15) is 4.80 Å². The molecule has 3 rings (SSSR count). The van der Waals surface area contributed by atoms with Crippen molar-refractivity contribution in [2.75, 3.05) is 19.8 Å². The number of hydrogen-bond donors (Lipinski definition) is 1. The lowest BCUT2D eigenvalue weighted by Crippen LogP contribution is -2.31. The van der Waals surface area contributed by atoms with Gasteiger partial charge in [0.1, 0.15) is 24.7 Å². The van der Waals surface area contributed by atoms with Gasteiger partial charge in [-0.3, -0.25) is 4.79 Å². The summed E-state index contributed by atoms with van der Waals surface area (Å²) in [6.07, 6.45) is 0.975. The van der Waals surface area contributed by atoms with Crippen LogP contribution in [0.25, 0.3) is 11.4 Å². The number of nitrogens with one attached hydrogen (secondary N) is 1. The fourth-order valence-electron chi connectivity index (χ4n) is 2.66. The third-order valence-electron chi connectivity index (χ3n) is 4.19. The van der Waals surface area contributed by atoms with Crippen LogP contribution in [0, 0.1) is 0 Å². The minimum absolute atomic E-state index is 0.00307. The molecule has 0 aliphatic rings. The number of carbonyl (C=O) groups is 1. The Morgan fingerprint density at radius 1 is 1.00 bits per heavy atom. The predicted octanol–water partition coefficient (Wildman–Crippen LogP) is 2.50. The van der Waals surface area contributed by atoms with E-state index in [4.69, 9.17) is 9.47 Å². The fourth-order valence-corrected chi connectivity index (χ4v) is 2.66. The molecular formula is C21H25N5O3. The molecule has 0 bridgehead atoms. The molecule has 1 amide bonds. The van der Waals surface area contributed by atoms with Gasteiger partial charge in [0.2, 0.25) is 11.7 Å². The van der Waals surface area contributed by atoms with Crippen molar-refractivity contribution in [2.45, 2.75) is 26.8 Å². The largest absolute Gasteiger partial charge is 0.494 e. The van der Waals surface area contributed by atoms with Gasteiger partial charge < -0.3 is 14.8 Å². The van der Waals surface area contributed by atoms with Gasteiger partial charge in [0, 0.05) is 5.56 Å². The monoisotopic (exact) mass is 395 g/mol. The fraction of sp³-hybridized carbons (Fsp3) is 0.333. The van der Waals surface area contributed by atoms with Crippen LogP contribution in [0.1, 0.15) is 19.4 Å². The number of carbonyl (C=O) groups excluding carboxylic acids is 1. The van der Waals surface area contributed by atoms with Crippen molar-refractivity contribution in [2.24, 2.45) is 0 Å². The van der Waals surface area contributed by atoms with Crippen LogP contribution in [0.3, 0.4) is 0 Å². The van der Waals surface area contributed by atoms with Crippen molar-refractivity contribution in [3.05, 3.63) is 54.1 Å². The maximum atomic E-state index is 12.1. The molecule has 2 aromatic carbocycles. The van der Waals surface area contributed by atoms with Crippen LogP contribution in [0.2, 0.25) is 0 Å². The molecular weight excluding hydrogens is 370 g/mol. The Hall–Kier alpha value is -3.42. The number of amides is 1. The second kappa shape index (κ2) is 10.2. The Morgan fingerprint density at radius 2 is 1.69 bits per heavy atom. The summed E-state index contributed by atoms with van der Waals surface area (Å²) in [6, 6.07) is 15.3. The van der Waals surface area contributed by atoms with Crippen molar-refractivity contribution in [3.63, 3.8) is 0 Å². The highest BCUT2D eigenvalue weighted by molar-refractivity contribution is 5.75. The minimum atomic E-state index is -0.203. The molecule has 3 aromatic rings. The zero-order valence-corrected chi connectivity index (χ0v) is 16.7. The zero-order valence-electron chi connectivity index (χ0n) is 16.7. The third-order valence-corrected chi connectivity index (χ3v) is 4.19. The number of rotatable bonds is 10. The summed E-state index contributed by atoms with van der Waals surface area (Å²) < 4.78 is 11.0. The number of nitrogens with zero attached hydrogens (tertiary/aromatic N) is 4. The van der Waals surface area contributed by atoms with E-state index in [1.54, 1.807) is 0 Å². The maximum absolute atomic E-state index is 12.1. The number of aryl methyl sites for hydroxylation is 1. The van der Waals surface area contributed by atoms with E-state index in [-0.39, 0.29) is 12.5 Å². The van der Waals surface area contributed by atoms with Gasteiger partial charge in [-0.25, -0.2) is 0 Å². The molecule has 0 radical (unpaired) electrons. The lowest BCUT2D eigenvalue weighted by molar-refractivity contribution is -0.122. The average molecular weight is 395 g/mol. The zero-order chi connectivity index (χ0) is 20.5. The Morgan fingerprint density at radius 3 is 2.34 bits per heavy atom. The van der Waals surface area contributed by atoms with E-state index in [1.165, 1.54) is 10.4 Å². The highest BCUT2D eigenvalue weighted by atomic mass is 16.5. The number of benzene rings is 2. The van der Waals surface area contributed by atoms with E-state index in [0.717, 1.165) is 23.5 Å². The molecule has 0 saturated carbocycles. The van der Waals surface area contributed by atoms with Gasteiger partial charge >= 0.3 is 0 Å². The molecule has 1 heterocycles. The summed E-state index contributed by atoms with van der Waals surface area (Å²) in [6.45, 7) is 5.41. The molecule has 0 spiro atoms. The van der Waals surface area contributed by atoms with Crippen molar-refractivity contribution in [1.29, 1.82) is 0 Å². The molecule has 29 heavy (non-hydrogen) atoms. The first-order chi connectivity index (χ1) is 14.2.